The second-order valence-corrected chi connectivity index (χ2v) is 4.24. The molecule has 0 spiro atoms. The molecule has 2 aromatic rings. The lowest BCUT2D eigenvalue weighted by Gasteiger charge is -2.11. The van der Waals surface area contributed by atoms with Crippen LogP contribution in [0.15, 0.2) is 43.0 Å². The second-order valence-electron chi connectivity index (χ2n) is 4.24. The summed E-state index contributed by atoms with van der Waals surface area (Å²) in [6, 6.07) is 10.1. The summed E-state index contributed by atoms with van der Waals surface area (Å²) in [5.74, 6) is 0.0763. The molecular formula is C17H16O. The van der Waals surface area contributed by atoms with Crippen LogP contribution in [-0.4, -0.2) is 5.78 Å². The number of carbonyl (C=O) groups excluding carboxylic acids is 1. The van der Waals surface area contributed by atoms with Crippen LogP contribution in [0.2, 0.25) is 0 Å². The summed E-state index contributed by atoms with van der Waals surface area (Å²) in [6.07, 6.45) is 5.75. The van der Waals surface area contributed by atoms with Crippen molar-refractivity contribution in [3.05, 3.63) is 59.7 Å². The Morgan fingerprint density at radius 3 is 2.61 bits per heavy atom. The van der Waals surface area contributed by atoms with Gasteiger partial charge in [0.2, 0.25) is 0 Å². The highest BCUT2D eigenvalue weighted by molar-refractivity contribution is 6.11. The minimum atomic E-state index is 0.0763. The first-order valence-corrected chi connectivity index (χ1v) is 6.01. The molecule has 0 aliphatic heterocycles. The third-order valence-electron chi connectivity index (χ3n) is 3.02. The quantitative estimate of drug-likeness (QED) is 0.705. The van der Waals surface area contributed by atoms with Gasteiger partial charge in [0.05, 0.1) is 0 Å². The minimum Gasteiger partial charge on any atom is -0.294 e. The zero-order chi connectivity index (χ0) is 13.1. The van der Waals surface area contributed by atoms with E-state index in [4.69, 9.17) is 0 Å². The Morgan fingerprint density at radius 1 is 1.28 bits per heavy atom. The number of allylic oxidation sites excluding steroid dienone is 1. The van der Waals surface area contributed by atoms with Crippen molar-refractivity contribution < 1.29 is 4.79 Å². The number of Topliss-reactive ketones (excluding diaryl/α,β-unsaturated/α-hetero) is 1. The number of ketones is 1. The van der Waals surface area contributed by atoms with E-state index in [0.29, 0.717) is 0 Å². The summed E-state index contributed by atoms with van der Waals surface area (Å²) < 4.78 is 0. The number of carbonyl (C=O) groups is 1. The van der Waals surface area contributed by atoms with Gasteiger partial charge in [-0.05, 0) is 41.8 Å². The maximum Gasteiger partial charge on any atom is 0.161 e. The molecule has 2 aromatic carbocycles. The van der Waals surface area contributed by atoms with Crippen molar-refractivity contribution in [2.75, 3.05) is 0 Å². The summed E-state index contributed by atoms with van der Waals surface area (Å²) in [5, 5.41) is 2.08. The molecular weight excluding hydrogens is 220 g/mol. The van der Waals surface area contributed by atoms with Crippen molar-refractivity contribution in [2.24, 2.45) is 0 Å². The van der Waals surface area contributed by atoms with Gasteiger partial charge in [-0.1, -0.05) is 49.1 Å². The standard InChI is InChI=1S/C17H16O/c1-4-8-13-11-14-9-6-7-10-16(14)17(12(3)18)15(13)5-2/h4-11H,2H2,1,3H3/b8-4-. The van der Waals surface area contributed by atoms with Gasteiger partial charge in [-0.2, -0.15) is 0 Å². The molecule has 0 saturated carbocycles. The SMILES string of the molecule is C=Cc1c(/C=C\C)cc2ccccc2c1C(C)=O. The summed E-state index contributed by atoms with van der Waals surface area (Å²) in [5.41, 5.74) is 2.71. The van der Waals surface area contributed by atoms with Crippen LogP contribution in [0.5, 0.6) is 0 Å². The van der Waals surface area contributed by atoms with Gasteiger partial charge >= 0.3 is 0 Å². The fourth-order valence-electron chi connectivity index (χ4n) is 2.30. The average Bonchev–Trinajstić information content (AvgIpc) is 2.37. The number of rotatable bonds is 3. The second kappa shape index (κ2) is 5.01. The van der Waals surface area contributed by atoms with Crippen LogP contribution >= 0.6 is 0 Å². The van der Waals surface area contributed by atoms with Crippen molar-refractivity contribution in [2.45, 2.75) is 13.8 Å². The van der Waals surface area contributed by atoms with E-state index in [1.54, 1.807) is 13.0 Å². The number of fused-ring (bicyclic) bond motifs is 1. The molecule has 18 heavy (non-hydrogen) atoms. The van der Waals surface area contributed by atoms with E-state index in [-0.39, 0.29) is 5.78 Å². The zero-order valence-corrected chi connectivity index (χ0v) is 10.7. The van der Waals surface area contributed by atoms with E-state index in [0.717, 1.165) is 27.5 Å². The highest BCUT2D eigenvalue weighted by atomic mass is 16.1. The maximum atomic E-state index is 11.9. The Bertz CT molecular complexity index is 648. The predicted octanol–water partition coefficient (Wildman–Crippen LogP) is 4.72. The molecule has 0 unspecified atom stereocenters. The molecule has 0 amide bonds. The Morgan fingerprint density at radius 2 is 2.00 bits per heavy atom. The van der Waals surface area contributed by atoms with Gasteiger partial charge in [0.25, 0.3) is 0 Å². The van der Waals surface area contributed by atoms with Gasteiger partial charge in [-0.25, -0.2) is 0 Å². The fraction of sp³-hybridized carbons (Fsp3) is 0.118. The van der Waals surface area contributed by atoms with E-state index in [2.05, 4.69) is 12.6 Å². The zero-order valence-electron chi connectivity index (χ0n) is 10.7. The lowest BCUT2D eigenvalue weighted by molar-refractivity contribution is 0.101. The lowest BCUT2D eigenvalue weighted by atomic mass is 9.92. The van der Waals surface area contributed by atoms with Crippen LogP contribution in [0.1, 0.15) is 35.3 Å². The van der Waals surface area contributed by atoms with E-state index in [1.165, 1.54) is 0 Å². The molecule has 90 valence electrons. The van der Waals surface area contributed by atoms with Crippen molar-refractivity contribution in [1.82, 2.24) is 0 Å². The molecule has 0 fully saturated rings. The summed E-state index contributed by atoms with van der Waals surface area (Å²) in [4.78, 5) is 11.9. The van der Waals surface area contributed by atoms with Gasteiger partial charge in [0, 0.05) is 5.56 Å². The highest BCUT2D eigenvalue weighted by Gasteiger charge is 2.12. The van der Waals surface area contributed by atoms with E-state index >= 15 is 0 Å². The van der Waals surface area contributed by atoms with Crippen LogP contribution < -0.4 is 0 Å². The van der Waals surface area contributed by atoms with E-state index < -0.39 is 0 Å². The number of hydrogen-bond donors (Lipinski definition) is 0. The first kappa shape index (κ1) is 12.3. The van der Waals surface area contributed by atoms with E-state index in [9.17, 15) is 4.79 Å². The molecule has 0 aliphatic carbocycles. The lowest BCUT2D eigenvalue weighted by Crippen LogP contribution is -2.00. The Balaban J connectivity index is 2.96. The molecule has 1 nitrogen and oxygen atoms in total. The molecule has 0 bridgehead atoms. The van der Waals surface area contributed by atoms with Gasteiger partial charge in [-0.15, -0.1) is 0 Å². The van der Waals surface area contributed by atoms with Gasteiger partial charge in [0.1, 0.15) is 0 Å². The molecule has 0 aromatic heterocycles. The van der Waals surface area contributed by atoms with Crippen LogP contribution in [-0.2, 0) is 0 Å². The van der Waals surface area contributed by atoms with Crippen molar-refractivity contribution in [1.29, 1.82) is 0 Å². The van der Waals surface area contributed by atoms with Crippen molar-refractivity contribution in [3.63, 3.8) is 0 Å². The van der Waals surface area contributed by atoms with Gasteiger partial charge < -0.3 is 0 Å². The topological polar surface area (TPSA) is 17.1 Å². The van der Waals surface area contributed by atoms with E-state index in [1.807, 2.05) is 43.3 Å². The first-order valence-electron chi connectivity index (χ1n) is 6.01. The van der Waals surface area contributed by atoms with Crippen molar-refractivity contribution >= 4 is 28.7 Å². The molecule has 1 heteroatoms. The third kappa shape index (κ3) is 2.00. The van der Waals surface area contributed by atoms with Crippen LogP contribution in [0.3, 0.4) is 0 Å². The monoisotopic (exact) mass is 236 g/mol. The largest absolute Gasteiger partial charge is 0.294 e. The first-order chi connectivity index (χ1) is 8.69. The Labute approximate surface area is 107 Å². The maximum absolute atomic E-state index is 11.9. The number of hydrogen-bond acceptors (Lipinski definition) is 1. The molecule has 0 saturated heterocycles. The summed E-state index contributed by atoms with van der Waals surface area (Å²) >= 11 is 0. The molecule has 0 N–H and O–H groups in total. The van der Waals surface area contributed by atoms with Crippen LogP contribution in [0.4, 0.5) is 0 Å². The Hall–Kier alpha value is -2.15. The highest BCUT2D eigenvalue weighted by Crippen LogP contribution is 2.28. The normalized spacial score (nSPS) is 11.0. The van der Waals surface area contributed by atoms with Crippen molar-refractivity contribution in [3.8, 4) is 0 Å². The molecule has 0 heterocycles. The van der Waals surface area contributed by atoms with Crippen LogP contribution in [0, 0.1) is 0 Å². The molecule has 0 atom stereocenters. The summed E-state index contributed by atoms with van der Waals surface area (Å²) in [7, 11) is 0. The number of benzene rings is 2. The van der Waals surface area contributed by atoms with Gasteiger partial charge in [-0.3, -0.25) is 4.79 Å². The predicted molar refractivity (Wildman–Crippen MR) is 78.8 cm³/mol. The average molecular weight is 236 g/mol. The van der Waals surface area contributed by atoms with Gasteiger partial charge in [0.15, 0.2) is 5.78 Å². The fourth-order valence-corrected chi connectivity index (χ4v) is 2.30. The van der Waals surface area contributed by atoms with Crippen LogP contribution in [0.25, 0.3) is 22.9 Å². The molecule has 2 rings (SSSR count). The molecule has 0 radical (unpaired) electrons. The Kier molecular flexibility index (Phi) is 3.42. The summed E-state index contributed by atoms with van der Waals surface area (Å²) in [6.45, 7) is 7.41. The minimum absolute atomic E-state index is 0.0763. The third-order valence-corrected chi connectivity index (χ3v) is 3.02. The smallest absolute Gasteiger partial charge is 0.161 e. The molecule has 0 aliphatic rings.